The molecule has 0 amide bonds. The van der Waals surface area contributed by atoms with E-state index in [1.165, 1.54) is 12.1 Å². The normalized spacial score (nSPS) is 12.0. The molecule has 3 aromatic carbocycles. The van der Waals surface area contributed by atoms with Crippen molar-refractivity contribution in [2.45, 2.75) is 52.5 Å². The second-order valence-electron chi connectivity index (χ2n) is 10.8. The number of aromatic nitrogens is 2. The van der Waals surface area contributed by atoms with Crippen LogP contribution in [0, 0.1) is 24.5 Å². The van der Waals surface area contributed by atoms with Gasteiger partial charge in [0.2, 0.25) is 0 Å². The zero-order chi connectivity index (χ0) is 30.2. The number of Topliss-reactive ketones (excluding diaryl/α,β-unsaturated/α-hetero) is 1. The summed E-state index contributed by atoms with van der Waals surface area (Å²) < 4.78 is 34.3. The number of halogens is 2. The molecule has 42 heavy (non-hydrogen) atoms. The number of fused-ring (bicyclic) bond motifs is 1. The van der Waals surface area contributed by atoms with Crippen LogP contribution in [0.25, 0.3) is 27.7 Å². The van der Waals surface area contributed by atoms with Gasteiger partial charge in [0.05, 0.1) is 17.5 Å². The summed E-state index contributed by atoms with van der Waals surface area (Å²) in [7, 11) is 1.63. The van der Waals surface area contributed by atoms with Crippen LogP contribution >= 0.6 is 0 Å². The summed E-state index contributed by atoms with van der Waals surface area (Å²) in [5.41, 5.74) is 4.51. The number of rotatable bonds is 15. The summed E-state index contributed by atoms with van der Waals surface area (Å²) >= 11 is 0. The van der Waals surface area contributed by atoms with Crippen LogP contribution in [0.5, 0.6) is 5.75 Å². The summed E-state index contributed by atoms with van der Waals surface area (Å²) in [6, 6.07) is 12.4. The van der Waals surface area contributed by atoms with Crippen molar-refractivity contribution in [2.75, 3.05) is 20.3 Å². The van der Waals surface area contributed by atoms with Gasteiger partial charge >= 0.3 is 0 Å². The van der Waals surface area contributed by atoms with Gasteiger partial charge < -0.3 is 15.2 Å². The van der Waals surface area contributed by atoms with Gasteiger partial charge in [0.1, 0.15) is 17.4 Å². The van der Waals surface area contributed by atoms with Crippen molar-refractivity contribution in [3.63, 3.8) is 0 Å². The summed E-state index contributed by atoms with van der Waals surface area (Å²) in [4.78, 5) is 13.0. The fourth-order valence-corrected chi connectivity index (χ4v) is 5.43. The average molecular weight is 576 g/mol. The number of hydrogen-bond donors (Lipinski definition) is 2. The Morgan fingerprint density at radius 2 is 1.88 bits per heavy atom. The monoisotopic (exact) mass is 575 g/mol. The van der Waals surface area contributed by atoms with Gasteiger partial charge in [-0.2, -0.15) is 5.10 Å². The smallest absolute Gasteiger partial charge is 0.162 e. The van der Waals surface area contributed by atoms with Gasteiger partial charge in [-0.05, 0) is 79.1 Å². The zero-order valence-electron chi connectivity index (χ0n) is 24.6. The summed E-state index contributed by atoms with van der Waals surface area (Å²) in [5, 5.41) is 19.4. The Balaban J connectivity index is 1.37. The molecule has 0 fully saturated rings. The van der Waals surface area contributed by atoms with Crippen molar-refractivity contribution < 1.29 is 23.4 Å². The largest absolute Gasteiger partial charge is 0.506 e. The number of benzene rings is 3. The molecule has 8 heteroatoms. The van der Waals surface area contributed by atoms with Gasteiger partial charge in [0.15, 0.2) is 5.78 Å². The highest BCUT2D eigenvalue weighted by molar-refractivity contribution is 5.97. The summed E-state index contributed by atoms with van der Waals surface area (Å²) in [6.07, 6.45) is 5.91. The molecule has 6 nitrogen and oxygen atoms in total. The second kappa shape index (κ2) is 14.2. The number of nitrogens with one attached hydrogen (secondary N) is 1. The molecule has 0 aliphatic carbocycles. The maximum absolute atomic E-state index is 13.7. The molecule has 0 spiro atoms. The Bertz CT molecular complexity index is 1540. The van der Waals surface area contributed by atoms with Gasteiger partial charge in [-0.15, -0.1) is 0 Å². The minimum atomic E-state index is -0.632. The molecule has 1 unspecified atom stereocenters. The van der Waals surface area contributed by atoms with Gasteiger partial charge in [-0.1, -0.05) is 32.1 Å². The Kier molecular flexibility index (Phi) is 10.5. The zero-order valence-corrected chi connectivity index (χ0v) is 24.6. The Labute approximate surface area is 246 Å². The highest BCUT2D eigenvalue weighted by Crippen LogP contribution is 2.32. The quantitative estimate of drug-likeness (QED) is 0.112. The summed E-state index contributed by atoms with van der Waals surface area (Å²) in [6.45, 7) is 9.84. The van der Waals surface area contributed by atoms with Gasteiger partial charge in [0, 0.05) is 55.7 Å². The first-order valence-electron chi connectivity index (χ1n) is 14.4. The van der Waals surface area contributed by atoms with Crippen molar-refractivity contribution in [1.29, 1.82) is 0 Å². The third-order valence-electron chi connectivity index (χ3n) is 7.56. The van der Waals surface area contributed by atoms with E-state index in [0.717, 1.165) is 37.3 Å². The van der Waals surface area contributed by atoms with Crippen LogP contribution in [0.1, 0.15) is 60.5 Å². The first kappa shape index (κ1) is 30.9. The lowest BCUT2D eigenvalue weighted by molar-refractivity contribution is 0.0977. The molecule has 0 saturated carbocycles. The van der Waals surface area contributed by atoms with Crippen LogP contribution in [-0.2, 0) is 11.3 Å². The molecule has 222 valence electrons. The van der Waals surface area contributed by atoms with E-state index in [1.54, 1.807) is 25.3 Å². The minimum absolute atomic E-state index is 0.0481. The Morgan fingerprint density at radius 1 is 1.12 bits per heavy atom. The van der Waals surface area contributed by atoms with E-state index < -0.39 is 11.6 Å². The van der Waals surface area contributed by atoms with Crippen molar-refractivity contribution in [3.05, 3.63) is 89.6 Å². The number of methoxy groups -OCH3 is 1. The molecule has 4 aromatic rings. The lowest BCUT2D eigenvalue weighted by Crippen LogP contribution is -2.17. The van der Waals surface area contributed by atoms with E-state index >= 15 is 0 Å². The van der Waals surface area contributed by atoms with E-state index in [1.807, 2.05) is 29.9 Å². The van der Waals surface area contributed by atoms with E-state index in [9.17, 15) is 18.7 Å². The minimum Gasteiger partial charge on any atom is -0.506 e. The van der Waals surface area contributed by atoms with Crippen LogP contribution in [-0.4, -0.2) is 40.9 Å². The lowest BCUT2D eigenvalue weighted by atomic mass is 9.93. The molecule has 0 saturated heterocycles. The molecule has 1 atom stereocenters. The molecule has 0 bridgehead atoms. The highest BCUT2D eigenvalue weighted by atomic mass is 19.1. The number of nitrogens with zero attached hydrogens (tertiary/aromatic N) is 2. The lowest BCUT2D eigenvalue weighted by Gasteiger charge is -2.16. The molecule has 0 radical (unpaired) electrons. The van der Waals surface area contributed by atoms with Crippen molar-refractivity contribution in [1.82, 2.24) is 15.1 Å². The molecule has 4 rings (SSSR count). The maximum Gasteiger partial charge on any atom is 0.162 e. The summed E-state index contributed by atoms with van der Waals surface area (Å²) in [5.74, 6) is -0.737. The van der Waals surface area contributed by atoms with Crippen LogP contribution in [0.15, 0.2) is 61.3 Å². The first-order valence-corrected chi connectivity index (χ1v) is 14.4. The number of carbonyl (C=O) groups is 1. The second-order valence-corrected chi connectivity index (χ2v) is 10.8. The van der Waals surface area contributed by atoms with E-state index in [4.69, 9.17) is 4.74 Å². The molecular weight excluding hydrogens is 536 g/mol. The fraction of sp³-hybridized carbons (Fsp3) is 0.353. The molecule has 0 aliphatic rings. The number of ether oxygens (including phenoxy) is 1. The van der Waals surface area contributed by atoms with E-state index in [-0.39, 0.29) is 11.5 Å². The van der Waals surface area contributed by atoms with Crippen LogP contribution in [0.3, 0.4) is 0 Å². The Hall–Kier alpha value is -4.04. The number of phenols is 1. The molecule has 1 aromatic heterocycles. The number of carbonyl (C=O) groups excluding carboxylic acids is 1. The fourth-order valence-electron chi connectivity index (χ4n) is 5.43. The first-order chi connectivity index (χ1) is 20.2. The van der Waals surface area contributed by atoms with Crippen LogP contribution < -0.4 is 5.32 Å². The number of aryl methyl sites for hydroxylation is 1. The van der Waals surface area contributed by atoms with E-state index in [0.29, 0.717) is 70.9 Å². The average Bonchev–Trinajstić information content (AvgIpc) is 3.36. The molecule has 2 N–H and O–H groups in total. The number of aromatic hydroxyl groups is 1. The van der Waals surface area contributed by atoms with Gasteiger partial charge in [-0.3, -0.25) is 9.48 Å². The molecule has 0 aliphatic heterocycles. The van der Waals surface area contributed by atoms with Gasteiger partial charge in [-0.25, -0.2) is 8.78 Å². The third kappa shape index (κ3) is 7.62. The SMILES string of the molecule is C=C(NCCOC)c1ccc2nn(CC(CCC)CCCC(=O)c3ccc(-c4cc(F)cc(F)c4)c(C)c3)cc2c1O. The predicted octanol–water partition coefficient (Wildman–Crippen LogP) is 7.67. The van der Waals surface area contributed by atoms with Gasteiger partial charge in [0.25, 0.3) is 0 Å². The van der Waals surface area contributed by atoms with Crippen molar-refractivity contribution in [2.24, 2.45) is 5.92 Å². The molecular formula is C34H39F2N3O3. The number of phenolic OH excluding ortho intramolecular Hbond substituents is 1. The highest BCUT2D eigenvalue weighted by Gasteiger charge is 2.16. The molecule has 1 heterocycles. The standard InChI is InChI=1S/C34H39F2N3O3/c1-5-7-24(20-39-21-31-32(38-39)13-12-30(34(31)41)23(3)37-14-15-42-4)8-6-9-33(40)25-10-11-29(22(2)16-25)26-17-27(35)19-28(36)18-26/h10-13,16-19,21,24,37,41H,3,5-9,14-15,20H2,1-2,4H3. The van der Waals surface area contributed by atoms with Crippen LogP contribution in [0.4, 0.5) is 8.78 Å². The third-order valence-corrected chi connectivity index (χ3v) is 7.56. The number of ketones is 1. The maximum atomic E-state index is 13.7. The predicted molar refractivity (Wildman–Crippen MR) is 163 cm³/mol. The Morgan fingerprint density at radius 3 is 2.57 bits per heavy atom. The topological polar surface area (TPSA) is 76.4 Å². The van der Waals surface area contributed by atoms with Crippen LogP contribution in [0.2, 0.25) is 0 Å². The van der Waals surface area contributed by atoms with Crippen molar-refractivity contribution in [3.8, 4) is 16.9 Å². The van der Waals surface area contributed by atoms with E-state index in [2.05, 4.69) is 23.9 Å². The number of hydrogen-bond acceptors (Lipinski definition) is 5. The van der Waals surface area contributed by atoms with Crippen molar-refractivity contribution >= 4 is 22.4 Å².